The van der Waals surface area contributed by atoms with Crippen molar-refractivity contribution in [1.82, 2.24) is 4.90 Å². The highest BCUT2D eigenvalue weighted by Crippen LogP contribution is 2.21. The van der Waals surface area contributed by atoms with Gasteiger partial charge in [-0.2, -0.15) is 0 Å². The van der Waals surface area contributed by atoms with Crippen molar-refractivity contribution in [2.75, 3.05) is 20.2 Å². The molecule has 0 radical (unpaired) electrons. The van der Waals surface area contributed by atoms with Crippen molar-refractivity contribution >= 4 is 5.91 Å². The van der Waals surface area contributed by atoms with Gasteiger partial charge in [0.2, 0.25) is 5.91 Å². The van der Waals surface area contributed by atoms with Gasteiger partial charge < -0.3 is 15.4 Å². The molecule has 1 aromatic rings. The Hall–Kier alpha value is -1.39. The van der Waals surface area contributed by atoms with E-state index in [0.29, 0.717) is 6.54 Å². The van der Waals surface area contributed by atoms with Gasteiger partial charge in [0.05, 0.1) is 6.10 Å². The van der Waals surface area contributed by atoms with Crippen LogP contribution in [-0.2, 0) is 15.1 Å². The fraction of sp³-hybridized carbons (Fsp3) is 0.562. The van der Waals surface area contributed by atoms with Crippen LogP contribution in [0.4, 0.5) is 0 Å². The SMILES string of the molecule is CN(CC1CCCCO1)C(=O)C(C)(N)c1ccccc1. The molecule has 0 spiro atoms. The third-order valence-electron chi connectivity index (χ3n) is 3.92. The lowest BCUT2D eigenvalue weighted by atomic mass is 9.91. The van der Waals surface area contributed by atoms with E-state index in [1.807, 2.05) is 30.3 Å². The lowest BCUT2D eigenvalue weighted by Gasteiger charge is -2.33. The molecule has 4 nitrogen and oxygen atoms in total. The standard InChI is InChI=1S/C16H24N2O2/c1-16(17,13-8-4-3-5-9-13)15(19)18(2)12-14-10-6-7-11-20-14/h3-5,8-9,14H,6-7,10-12,17H2,1-2H3. The lowest BCUT2D eigenvalue weighted by Crippen LogP contribution is -2.51. The number of amides is 1. The van der Waals surface area contributed by atoms with Crippen molar-refractivity contribution in [3.8, 4) is 0 Å². The number of rotatable bonds is 4. The normalized spacial score (nSPS) is 22.1. The third-order valence-corrected chi connectivity index (χ3v) is 3.92. The van der Waals surface area contributed by atoms with Gasteiger partial charge in [0.25, 0.3) is 0 Å². The first-order valence-electron chi connectivity index (χ1n) is 7.23. The number of carbonyl (C=O) groups is 1. The van der Waals surface area contributed by atoms with Crippen LogP contribution in [0.25, 0.3) is 0 Å². The van der Waals surface area contributed by atoms with Crippen LogP contribution in [0.15, 0.2) is 30.3 Å². The predicted octanol–water partition coefficient (Wildman–Crippen LogP) is 1.89. The van der Waals surface area contributed by atoms with Gasteiger partial charge in [0, 0.05) is 20.2 Å². The molecular formula is C16H24N2O2. The number of carbonyl (C=O) groups excluding carboxylic acids is 1. The molecule has 1 aliphatic rings. The predicted molar refractivity (Wildman–Crippen MR) is 79.2 cm³/mol. The molecule has 1 fully saturated rings. The Balaban J connectivity index is 2.01. The van der Waals surface area contributed by atoms with E-state index in [1.54, 1.807) is 18.9 Å². The van der Waals surface area contributed by atoms with E-state index in [0.717, 1.165) is 25.0 Å². The van der Waals surface area contributed by atoms with Gasteiger partial charge in [-0.25, -0.2) is 0 Å². The summed E-state index contributed by atoms with van der Waals surface area (Å²) in [5.41, 5.74) is 6.09. The van der Waals surface area contributed by atoms with Crippen LogP contribution in [0.3, 0.4) is 0 Å². The van der Waals surface area contributed by atoms with Crippen molar-refractivity contribution in [2.24, 2.45) is 5.73 Å². The summed E-state index contributed by atoms with van der Waals surface area (Å²) in [6.07, 6.45) is 3.45. The van der Waals surface area contributed by atoms with Crippen molar-refractivity contribution in [2.45, 2.75) is 37.8 Å². The van der Waals surface area contributed by atoms with Crippen molar-refractivity contribution in [3.63, 3.8) is 0 Å². The zero-order valence-electron chi connectivity index (χ0n) is 12.3. The first-order chi connectivity index (χ1) is 9.51. The van der Waals surface area contributed by atoms with E-state index >= 15 is 0 Å². The van der Waals surface area contributed by atoms with Crippen LogP contribution in [0.2, 0.25) is 0 Å². The third kappa shape index (κ3) is 3.38. The number of hydrogen-bond acceptors (Lipinski definition) is 3. The van der Waals surface area contributed by atoms with E-state index < -0.39 is 5.54 Å². The second-order valence-electron chi connectivity index (χ2n) is 5.74. The molecule has 0 saturated carbocycles. The molecule has 0 aromatic heterocycles. The fourth-order valence-corrected chi connectivity index (χ4v) is 2.64. The van der Waals surface area contributed by atoms with Gasteiger partial charge in [-0.3, -0.25) is 4.79 Å². The molecule has 1 saturated heterocycles. The number of ether oxygens (including phenoxy) is 1. The smallest absolute Gasteiger partial charge is 0.246 e. The summed E-state index contributed by atoms with van der Waals surface area (Å²) in [4.78, 5) is 14.3. The first-order valence-corrected chi connectivity index (χ1v) is 7.23. The van der Waals surface area contributed by atoms with E-state index in [9.17, 15) is 4.79 Å². The minimum absolute atomic E-state index is 0.0714. The minimum atomic E-state index is -0.995. The van der Waals surface area contributed by atoms with Gasteiger partial charge in [-0.1, -0.05) is 30.3 Å². The number of likely N-dealkylation sites (N-methyl/N-ethyl adjacent to an activating group) is 1. The summed E-state index contributed by atoms with van der Waals surface area (Å²) < 4.78 is 5.68. The molecule has 2 N–H and O–H groups in total. The van der Waals surface area contributed by atoms with E-state index in [-0.39, 0.29) is 12.0 Å². The second kappa shape index (κ2) is 6.37. The summed E-state index contributed by atoms with van der Waals surface area (Å²) >= 11 is 0. The molecular weight excluding hydrogens is 252 g/mol. The van der Waals surface area contributed by atoms with Crippen molar-refractivity contribution in [1.29, 1.82) is 0 Å². The molecule has 110 valence electrons. The Morgan fingerprint density at radius 2 is 2.10 bits per heavy atom. The largest absolute Gasteiger partial charge is 0.376 e. The Morgan fingerprint density at radius 3 is 2.70 bits per heavy atom. The highest BCUT2D eigenvalue weighted by Gasteiger charge is 2.33. The van der Waals surface area contributed by atoms with Crippen LogP contribution in [-0.4, -0.2) is 37.1 Å². The zero-order valence-corrected chi connectivity index (χ0v) is 12.3. The Morgan fingerprint density at radius 1 is 1.40 bits per heavy atom. The molecule has 0 aliphatic carbocycles. The van der Waals surface area contributed by atoms with E-state index in [2.05, 4.69) is 0 Å². The molecule has 2 unspecified atom stereocenters. The van der Waals surface area contributed by atoms with Crippen molar-refractivity contribution in [3.05, 3.63) is 35.9 Å². The first kappa shape index (κ1) is 15.0. The molecule has 20 heavy (non-hydrogen) atoms. The molecule has 0 bridgehead atoms. The summed E-state index contributed by atoms with van der Waals surface area (Å²) in [6.45, 7) is 3.17. The number of nitrogens with two attached hydrogens (primary N) is 1. The quantitative estimate of drug-likeness (QED) is 0.913. The van der Waals surface area contributed by atoms with Crippen LogP contribution < -0.4 is 5.73 Å². The highest BCUT2D eigenvalue weighted by molar-refractivity contribution is 5.86. The van der Waals surface area contributed by atoms with Crippen molar-refractivity contribution < 1.29 is 9.53 Å². The molecule has 2 rings (SSSR count). The molecule has 4 heteroatoms. The maximum absolute atomic E-state index is 12.6. The molecule has 1 heterocycles. The average molecular weight is 276 g/mol. The van der Waals surface area contributed by atoms with E-state index in [1.165, 1.54) is 6.42 Å². The summed E-state index contributed by atoms with van der Waals surface area (Å²) in [5, 5.41) is 0. The Kier molecular flexibility index (Phi) is 4.78. The lowest BCUT2D eigenvalue weighted by molar-refractivity contribution is -0.137. The van der Waals surface area contributed by atoms with Gasteiger partial charge >= 0.3 is 0 Å². The molecule has 1 amide bonds. The molecule has 1 aliphatic heterocycles. The fourth-order valence-electron chi connectivity index (χ4n) is 2.64. The van der Waals surface area contributed by atoms with Crippen LogP contribution in [0.5, 0.6) is 0 Å². The van der Waals surface area contributed by atoms with Gasteiger partial charge in [0.1, 0.15) is 5.54 Å². The van der Waals surface area contributed by atoms with Crippen LogP contribution in [0.1, 0.15) is 31.7 Å². The molecule has 1 aromatic carbocycles. The maximum atomic E-state index is 12.6. The number of nitrogens with zero attached hydrogens (tertiary/aromatic N) is 1. The number of benzene rings is 1. The summed E-state index contributed by atoms with van der Waals surface area (Å²) in [6, 6.07) is 9.51. The maximum Gasteiger partial charge on any atom is 0.246 e. The summed E-state index contributed by atoms with van der Waals surface area (Å²) in [7, 11) is 1.80. The van der Waals surface area contributed by atoms with Gasteiger partial charge in [-0.15, -0.1) is 0 Å². The molecule has 2 atom stereocenters. The second-order valence-corrected chi connectivity index (χ2v) is 5.74. The van der Waals surface area contributed by atoms with Crippen LogP contribution >= 0.6 is 0 Å². The van der Waals surface area contributed by atoms with Crippen LogP contribution in [0, 0.1) is 0 Å². The average Bonchev–Trinajstić information content (AvgIpc) is 2.48. The monoisotopic (exact) mass is 276 g/mol. The van der Waals surface area contributed by atoms with E-state index in [4.69, 9.17) is 10.5 Å². The number of hydrogen-bond donors (Lipinski definition) is 1. The topological polar surface area (TPSA) is 55.6 Å². The summed E-state index contributed by atoms with van der Waals surface area (Å²) in [5.74, 6) is -0.0714. The Labute approximate surface area is 120 Å². The van der Waals surface area contributed by atoms with Gasteiger partial charge in [-0.05, 0) is 31.7 Å². The highest BCUT2D eigenvalue weighted by atomic mass is 16.5. The minimum Gasteiger partial charge on any atom is -0.376 e. The van der Waals surface area contributed by atoms with Gasteiger partial charge in [0.15, 0.2) is 0 Å². The Bertz CT molecular complexity index is 439. The zero-order chi connectivity index (χ0) is 14.6.